The predicted molar refractivity (Wildman–Crippen MR) is 102 cm³/mol. The number of anilines is 2. The van der Waals surface area contributed by atoms with Crippen molar-refractivity contribution < 1.29 is 9.59 Å². The Kier molecular flexibility index (Phi) is 4.34. The van der Waals surface area contributed by atoms with Crippen molar-refractivity contribution >= 4 is 40.7 Å². The quantitative estimate of drug-likeness (QED) is 0.874. The van der Waals surface area contributed by atoms with Crippen LogP contribution < -0.4 is 15.5 Å². The highest BCUT2D eigenvalue weighted by Crippen LogP contribution is 2.28. The number of benzene rings is 2. The van der Waals surface area contributed by atoms with Crippen molar-refractivity contribution in [3.05, 3.63) is 59.1 Å². The number of nitrogens with one attached hydrogen (secondary N) is 2. The second-order valence-electron chi connectivity index (χ2n) is 6.25. The van der Waals surface area contributed by atoms with Gasteiger partial charge in [0.1, 0.15) is 6.04 Å². The molecule has 2 N–H and O–H groups in total. The molecule has 0 aromatic heterocycles. The summed E-state index contributed by atoms with van der Waals surface area (Å²) in [5.41, 5.74) is 2.92. The molecule has 0 saturated heterocycles. The molecule has 26 heavy (non-hydrogen) atoms. The van der Waals surface area contributed by atoms with Gasteiger partial charge in [-0.05, 0) is 42.3 Å². The van der Waals surface area contributed by atoms with E-state index in [-0.39, 0.29) is 18.2 Å². The van der Waals surface area contributed by atoms with Crippen LogP contribution in [0.25, 0.3) is 0 Å². The molecule has 6 nitrogen and oxygen atoms in total. The second-order valence-corrected chi connectivity index (χ2v) is 6.68. The molecule has 4 rings (SSSR count). The van der Waals surface area contributed by atoms with E-state index in [0.29, 0.717) is 16.7 Å². The van der Waals surface area contributed by atoms with Gasteiger partial charge in [0.25, 0.3) is 5.91 Å². The van der Waals surface area contributed by atoms with Gasteiger partial charge in [0.2, 0.25) is 11.9 Å². The van der Waals surface area contributed by atoms with Crippen LogP contribution in [-0.4, -0.2) is 30.4 Å². The van der Waals surface area contributed by atoms with Gasteiger partial charge in [0, 0.05) is 22.9 Å². The van der Waals surface area contributed by atoms with Crippen LogP contribution in [0.15, 0.2) is 53.5 Å². The number of fused-ring (bicyclic) bond motifs is 1. The second kappa shape index (κ2) is 6.80. The summed E-state index contributed by atoms with van der Waals surface area (Å²) in [6.45, 7) is 0.766. The number of aliphatic imine (C=N–C) groups is 1. The van der Waals surface area contributed by atoms with Gasteiger partial charge in [0.05, 0.1) is 6.42 Å². The van der Waals surface area contributed by atoms with E-state index in [9.17, 15) is 9.59 Å². The van der Waals surface area contributed by atoms with Gasteiger partial charge in [-0.2, -0.15) is 0 Å². The van der Waals surface area contributed by atoms with Crippen molar-refractivity contribution in [3.63, 3.8) is 0 Å². The lowest BCUT2D eigenvalue weighted by atomic mass is 10.2. The SMILES string of the molecule is O=C(C[C@H]1N=C(N2CCc3ccccc32)NC1=O)Nc1ccc(Cl)cc1. The first kappa shape index (κ1) is 16.6. The summed E-state index contributed by atoms with van der Waals surface area (Å²) >= 11 is 5.83. The molecule has 7 heteroatoms. The summed E-state index contributed by atoms with van der Waals surface area (Å²) in [5, 5.41) is 6.15. The Morgan fingerprint density at radius 3 is 2.81 bits per heavy atom. The van der Waals surface area contributed by atoms with Crippen LogP contribution in [0.4, 0.5) is 11.4 Å². The van der Waals surface area contributed by atoms with Gasteiger partial charge in [-0.3, -0.25) is 14.9 Å². The number of para-hydroxylation sites is 1. The highest BCUT2D eigenvalue weighted by Gasteiger charge is 2.33. The Morgan fingerprint density at radius 2 is 2.00 bits per heavy atom. The Labute approximate surface area is 155 Å². The number of amides is 2. The maximum absolute atomic E-state index is 12.2. The fourth-order valence-corrected chi connectivity index (χ4v) is 3.31. The standard InChI is InChI=1S/C19H17ClN4O2/c20-13-5-7-14(8-6-13)21-17(25)11-15-18(26)23-19(22-15)24-10-9-12-3-1-2-4-16(12)24/h1-8,15H,9-11H2,(H,21,25)(H,22,23,26)/t15-/m1/s1. The topological polar surface area (TPSA) is 73.8 Å². The molecule has 0 saturated carbocycles. The van der Waals surface area contributed by atoms with E-state index in [4.69, 9.17) is 11.6 Å². The molecule has 0 spiro atoms. The largest absolute Gasteiger partial charge is 0.326 e. The fraction of sp³-hybridized carbons (Fsp3) is 0.211. The molecule has 132 valence electrons. The maximum atomic E-state index is 12.2. The maximum Gasteiger partial charge on any atom is 0.252 e. The average Bonchev–Trinajstić information content (AvgIpc) is 3.21. The number of carbonyl (C=O) groups excluding carboxylic acids is 2. The van der Waals surface area contributed by atoms with Gasteiger partial charge >= 0.3 is 0 Å². The zero-order chi connectivity index (χ0) is 18.1. The summed E-state index contributed by atoms with van der Waals surface area (Å²) in [7, 11) is 0. The van der Waals surface area contributed by atoms with E-state index < -0.39 is 6.04 Å². The van der Waals surface area contributed by atoms with Crippen LogP contribution in [0.5, 0.6) is 0 Å². The molecule has 0 fully saturated rings. The van der Waals surface area contributed by atoms with Crippen LogP contribution >= 0.6 is 11.6 Å². The minimum atomic E-state index is -0.718. The van der Waals surface area contributed by atoms with Crippen LogP contribution in [-0.2, 0) is 16.0 Å². The molecule has 2 aromatic rings. The first-order valence-electron chi connectivity index (χ1n) is 8.40. The normalized spacial score (nSPS) is 18.3. The van der Waals surface area contributed by atoms with Crippen LogP contribution in [0.2, 0.25) is 5.02 Å². The first-order valence-corrected chi connectivity index (χ1v) is 8.77. The van der Waals surface area contributed by atoms with Crippen LogP contribution in [0.3, 0.4) is 0 Å². The number of carbonyl (C=O) groups is 2. The Morgan fingerprint density at radius 1 is 1.23 bits per heavy atom. The van der Waals surface area contributed by atoms with Crippen molar-refractivity contribution in [1.82, 2.24) is 5.32 Å². The summed E-state index contributed by atoms with van der Waals surface area (Å²) in [5.74, 6) is -0.000764. The molecule has 2 aromatic carbocycles. The Balaban J connectivity index is 1.44. The fourth-order valence-electron chi connectivity index (χ4n) is 3.19. The van der Waals surface area contributed by atoms with Crippen LogP contribution in [0.1, 0.15) is 12.0 Å². The van der Waals surface area contributed by atoms with E-state index in [1.54, 1.807) is 24.3 Å². The monoisotopic (exact) mass is 368 g/mol. The number of nitrogens with zero attached hydrogens (tertiary/aromatic N) is 2. The van der Waals surface area contributed by atoms with E-state index >= 15 is 0 Å². The van der Waals surface area contributed by atoms with Gasteiger partial charge in [-0.15, -0.1) is 0 Å². The van der Waals surface area contributed by atoms with E-state index in [2.05, 4.69) is 21.7 Å². The molecule has 0 unspecified atom stereocenters. The van der Waals surface area contributed by atoms with Crippen molar-refractivity contribution in [2.75, 3.05) is 16.8 Å². The van der Waals surface area contributed by atoms with Crippen LogP contribution in [0, 0.1) is 0 Å². The average molecular weight is 369 g/mol. The number of rotatable bonds is 3. The van der Waals surface area contributed by atoms with Gasteiger partial charge in [-0.1, -0.05) is 29.8 Å². The third kappa shape index (κ3) is 3.28. The van der Waals surface area contributed by atoms with E-state index in [1.807, 2.05) is 23.1 Å². The first-order chi connectivity index (χ1) is 12.6. The zero-order valence-corrected chi connectivity index (χ0v) is 14.7. The molecule has 0 aliphatic carbocycles. The molecular formula is C19H17ClN4O2. The minimum absolute atomic E-state index is 0.00650. The molecule has 2 aliphatic rings. The van der Waals surface area contributed by atoms with E-state index in [0.717, 1.165) is 18.7 Å². The lowest BCUT2D eigenvalue weighted by molar-refractivity contribution is -0.123. The van der Waals surface area contributed by atoms with Crippen molar-refractivity contribution in [2.45, 2.75) is 18.9 Å². The van der Waals surface area contributed by atoms with Gasteiger partial charge in [0.15, 0.2) is 0 Å². The number of hydrogen-bond donors (Lipinski definition) is 2. The zero-order valence-electron chi connectivity index (χ0n) is 13.9. The van der Waals surface area contributed by atoms with Crippen molar-refractivity contribution in [1.29, 1.82) is 0 Å². The predicted octanol–water partition coefficient (Wildman–Crippen LogP) is 2.59. The van der Waals surface area contributed by atoms with Gasteiger partial charge < -0.3 is 10.2 Å². The molecule has 0 bridgehead atoms. The molecule has 0 radical (unpaired) electrons. The minimum Gasteiger partial charge on any atom is -0.326 e. The van der Waals surface area contributed by atoms with Gasteiger partial charge in [-0.25, -0.2) is 4.99 Å². The number of hydrogen-bond acceptors (Lipinski definition) is 4. The summed E-state index contributed by atoms with van der Waals surface area (Å²) in [6.07, 6.45) is 0.903. The Bertz CT molecular complexity index is 895. The third-order valence-corrected chi connectivity index (χ3v) is 4.72. The highest BCUT2D eigenvalue weighted by molar-refractivity contribution is 6.30. The smallest absolute Gasteiger partial charge is 0.252 e. The van der Waals surface area contributed by atoms with E-state index in [1.165, 1.54) is 5.56 Å². The molecule has 2 aliphatic heterocycles. The summed E-state index contributed by atoms with van der Waals surface area (Å²) in [6, 6.07) is 14.1. The number of guanidine groups is 1. The Hall–Kier alpha value is -2.86. The lowest BCUT2D eigenvalue weighted by Crippen LogP contribution is -2.40. The molecule has 2 heterocycles. The summed E-state index contributed by atoms with van der Waals surface area (Å²) in [4.78, 5) is 30.9. The summed E-state index contributed by atoms with van der Waals surface area (Å²) < 4.78 is 0. The third-order valence-electron chi connectivity index (χ3n) is 4.47. The van der Waals surface area contributed by atoms with Crippen molar-refractivity contribution in [2.24, 2.45) is 4.99 Å². The molecular weight excluding hydrogens is 352 g/mol. The number of halogens is 1. The molecule has 2 amide bonds. The molecule has 1 atom stereocenters. The highest BCUT2D eigenvalue weighted by atomic mass is 35.5. The van der Waals surface area contributed by atoms with Crippen molar-refractivity contribution in [3.8, 4) is 0 Å². The lowest BCUT2D eigenvalue weighted by Gasteiger charge is -2.18.